The number of carboxylic acid groups (broad SMARTS) is 2. The number of ketones is 2. The van der Waals surface area contributed by atoms with Crippen LogP contribution in [-0.2, 0) is 19.2 Å². The van der Waals surface area contributed by atoms with Crippen LogP contribution in [0.2, 0.25) is 0 Å². The molecule has 8 nitrogen and oxygen atoms in total. The summed E-state index contributed by atoms with van der Waals surface area (Å²) in [5, 5.41) is 34.5. The lowest BCUT2D eigenvalue weighted by molar-refractivity contribution is -0.135. The predicted octanol–water partition coefficient (Wildman–Crippen LogP) is 2.63. The largest absolute Gasteiger partial charge is 0.481 e. The highest BCUT2D eigenvalue weighted by Crippen LogP contribution is 2.65. The van der Waals surface area contributed by atoms with Crippen LogP contribution in [-0.4, -0.2) is 57.1 Å². The molecule has 0 unspecified atom stereocenters. The van der Waals surface area contributed by atoms with E-state index in [4.69, 9.17) is 19.8 Å². The standard InChI is InChI=1S/C21H28O4.2C2H4O2/c1-20-8-7-17-15(16(20)4-5-18(20)19(25)11-22)3-2-13-10-14(24)6-9-21(13,17)12-23;2*1-2(3)4/h2-3,10,15-18,22-23H,4-9,11-12H2,1H3;2*1H3,(H,3,4)/t15-,16-,17-,18+,20-,21+;;/m0../s1. The van der Waals surface area contributed by atoms with Crippen molar-refractivity contribution in [2.45, 2.75) is 59.3 Å². The molecule has 0 bridgehead atoms. The van der Waals surface area contributed by atoms with Crippen molar-refractivity contribution in [3.05, 3.63) is 23.8 Å². The number of aliphatic hydroxyl groups is 2. The summed E-state index contributed by atoms with van der Waals surface area (Å²) in [5.41, 5.74) is 0.679. The second kappa shape index (κ2) is 10.7. The number of carbonyl (C=O) groups is 4. The van der Waals surface area contributed by atoms with Gasteiger partial charge in [0.1, 0.15) is 6.61 Å². The number of hydrogen-bond donors (Lipinski definition) is 4. The van der Waals surface area contributed by atoms with Gasteiger partial charge in [0.25, 0.3) is 11.9 Å². The van der Waals surface area contributed by atoms with Gasteiger partial charge in [-0.05, 0) is 66.9 Å². The van der Waals surface area contributed by atoms with Crippen molar-refractivity contribution in [1.82, 2.24) is 0 Å². The fraction of sp³-hybridized carbons (Fsp3) is 0.680. The lowest BCUT2D eigenvalue weighted by Gasteiger charge is -2.56. The summed E-state index contributed by atoms with van der Waals surface area (Å²) in [5.74, 6) is -0.422. The van der Waals surface area contributed by atoms with Crippen molar-refractivity contribution in [3.8, 4) is 0 Å². The topological polar surface area (TPSA) is 149 Å². The average molecular weight is 465 g/mol. The van der Waals surface area contributed by atoms with E-state index in [1.165, 1.54) is 0 Å². The molecule has 4 rings (SSSR count). The second-order valence-electron chi connectivity index (χ2n) is 9.87. The first-order valence-corrected chi connectivity index (χ1v) is 11.5. The van der Waals surface area contributed by atoms with Gasteiger partial charge in [0, 0.05) is 31.6 Å². The Balaban J connectivity index is 0.000000420. The average Bonchev–Trinajstić information content (AvgIpc) is 3.09. The van der Waals surface area contributed by atoms with Crippen molar-refractivity contribution >= 4 is 23.5 Å². The summed E-state index contributed by atoms with van der Waals surface area (Å²) in [4.78, 5) is 42.1. The summed E-state index contributed by atoms with van der Waals surface area (Å²) in [6.45, 7) is 4.14. The lowest BCUT2D eigenvalue weighted by Crippen LogP contribution is -2.52. The molecule has 2 saturated carbocycles. The van der Waals surface area contributed by atoms with Gasteiger partial charge in [-0.3, -0.25) is 19.2 Å². The minimum atomic E-state index is -0.833. The summed E-state index contributed by atoms with van der Waals surface area (Å²) < 4.78 is 0. The molecule has 184 valence electrons. The maximum Gasteiger partial charge on any atom is 0.300 e. The molecule has 0 aromatic rings. The van der Waals surface area contributed by atoms with Crippen LogP contribution in [0.1, 0.15) is 59.3 Å². The Bertz CT molecular complexity index is 823. The Morgan fingerprint density at radius 2 is 1.61 bits per heavy atom. The van der Waals surface area contributed by atoms with Gasteiger partial charge in [0.2, 0.25) is 0 Å². The summed E-state index contributed by atoms with van der Waals surface area (Å²) in [6.07, 6.45) is 11.1. The highest BCUT2D eigenvalue weighted by molar-refractivity contribution is 5.92. The van der Waals surface area contributed by atoms with Crippen molar-refractivity contribution in [3.63, 3.8) is 0 Å². The van der Waals surface area contributed by atoms with Gasteiger partial charge in [0.05, 0.1) is 6.61 Å². The number of hydrogen-bond acceptors (Lipinski definition) is 6. The van der Waals surface area contributed by atoms with Crippen LogP contribution in [0, 0.1) is 34.5 Å². The molecule has 0 heterocycles. The molecule has 0 aromatic heterocycles. The minimum absolute atomic E-state index is 0.0102. The molecule has 0 saturated heterocycles. The molecule has 0 amide bonds. The lowest BCUT2D eigenvalue weighted by atomic mass is 9.48. The van der Waals surface area contributed by atoms with Gasteiger partial charge in [-0.15, -0.1) is 0 Å². The molecule has 4 aliphatic rings. The molecule has 0 spiro atoms. The zero-order valence-corrected chi connectivity index (χ0v) is 19.6. The number of rotatable bonds is 3. The van der Waals surface area contributed by atoms with E-state index in [2.05, 4.69) is 19.1 Å². The monoisotopic (exact) mass is 464 g/mol. The van der Waals surface area contributed by atoms with E-state index in [0.717, 1.165) is 51.5 Å². The van der Waals surface area contributed by atoms with Crippen molar-refractivity contribution in [2.75, 3.05) is 13.2 Å². The van der Waals surface area contributed by atoms with Crippen LogP contribution in [0.15, 0.2) is 23.8 Å². The fourth-order valence-corrected chi connectivity index (χ4v) is 6.74. The highest BCUT2D eigenvalue weighted by atomic mass is 16.4. The Morgan fingerprint density at radius 3 is 2.15 bits per heavy atom. The number of allylic oxidation sites excluding steroid dienone is 3. The van der Waals surface area contributed by atoms with E-state index in [1.54, 1.807) is 6.08 Å². The van der Waals surface area contributed by atoms with E-state index < -0.39 is 11.9 Å². The zero-order chi connectivity index (χ0) is 25.0. The Hall–Kier alpha value is -2.32. The summed E-state index contributed by atoms with van der Waals surface area (Å²) >= 11 is 0. The molecule has 4 aliphatic carbocycles. The third kappa shape index (κ3) is 5.44. The fourth-order valence-electron chi connectivity index (χ4n) is 6.74. The number of carbonyl (C=O) groups excluding carboxylic acids is 2. The van der Waals surface area contributed by atoms with Crippen molar-refractivity contribution < 1.29 is 39.6 Å². The predicted molar refractivity (Wildman–Crippen MR) is 120 cm³/mol. The highest BCUT2D eigenvalue weighted by Gasteiger charge is 2.60. The molecule has 33 heavy (non-hydrogen) atoms. The summed E-state index contributed by atoms with van der Waals surface area (Å²) in [6, 6.07) is 0. The van der Waals surface area contributed by atoms with E-state index in [-0.39, 0.29) is 41.5 Å². The SMILES string of the molecule is CC(=O)O.CC(=O)O.C[C@]12CC[C@H]3[C@@H](C=CC4=CC(=O)CC[C@@]43CO)[C@@H]1CC[C@@H]2C(=O)CO. The maximum atomic E-state index is 12.3. The van der Waals surface area contributed by atoms with Crippen molar-refractivity contribution in [1.29, 1.82) is 0 Å². The van der Waals surface area contributed by atoms with E-state index >= 15 is 0 Å². The maximum absolute atomic E-state index is 12.3. The Morgan fingerprint density at radius 1 is 1.00 bits per heavy atom. The smallest absolute Gasteiger partial charge is 0.300 e. The number of Topliss-reactive ketones (excluding diaryl/α,β-unsaturated/α-hetero) is 1. The van der Waals surface area contributed by atoms with Crippen LogP contribution in [0.4, 0.5) is 0 Å². The van der Waals surface area contributed by atoms with E-state index in [1.807, 2.05) is 0 Å². The van der Waals surface area contributed by atoms with Crippen molar-refractivity contribution in [2.24, 2.45) is 34.5 Å². The van der Waals surface area contributed by atoms with Gasteiger partial charge in [-0.1, -0.05) is 19.1 Å². The molecule has 0 aromatic carbocycles. The van der Waals surface area contributed by atoms with Gasteiger partial charge < -0.3 is 20.4 Å². The Kier molecular flexibility index (Phi) is 8.76. The first-order valence-electron chi connectivity index (χ1n) is 11.5. The molecule has 4 N–H and O–H groups in total. The van der Waals surface area contributed by atoms with E-state index in [9.17, 15) is 19.8 Å². The molecule has 2 fully saturated rings. The van der Waals surface area contributed by atoms with E-state index in [0.29, 0.717) is 24.2 Å². The number of fused-ring (bicyclic) bond motifs is 5. The van der Waals surface area contributed by atoms with Gasteiger partial charge >= 0.3 is 0 Å². The number of carboxylic acids is 2. The molecule has 6 atom stereocenters. The normalized spacial score (nSPS) is 35.9. The first kappa shape index (κ1) is 26.9. The number of aliphatic carboxylic acids is 2. The Labute approximate surface area is 194 Å². The van der Waals surface area contributed by atoms with Gasteiger partial charge in [0.15, 0.2) is 11.6 Å². The molecule has 0 aliphatic heterocycles. The van der Waals surface area contributed by atoms with Crippen LogP contribution < -0.4 is 0 Å². The molecule has 0 radical (unpaired) electrons. The van der Waals surface area contributed by atoms with Crippen LogP contribution in [0.5, 0.6) is 0 Å². The minimum Gasteiger partial charge on any atom is -0.481 e. The van der Waals surface area contributed by atoms with Crippen LogP contribution in [0.3, 0.4) is 0 Å². The third-order valence-electron chi connectivity index (χ3n) is 8.08. The zero-order valence-electron chi connectivity index (χ0n) is 19.6. The number of aliphatic hydroxyl groups excluding tert-OH is 2. The van der Waals surface area contributed by atoms with Crippen LogP contribution >= 0.6 is 0 Å². The van der Waals surface area contributed by atoms with Gasteiger partial charge in [-0.2, -0.15) is 0 Å². The molecule has 8 heteroatoms. The summed E-state index contributed by atoms with van der Waals surface area (Å²) in [7, 11) is 0. The second-order valence-corrected chi connectivity index (χ2v) is 9.87. The first-order chi connectivity index (χ1) is 15.4. The van der Waals surface area contributed by atoms with Crippen LogP contribution in [0.25, 0.3) is 0 Å². The third-order valence-corrected chi connectivity index (χ3v) is 8.08. The quantitative estimate of drug-likeness (QED) is 0.498. The molecular weight excluding hydrogens is 428 g/mol. The van der Waals surface area contributed by atoms with Gasteiger partial charge in [-0.25, -0.2) is 0 Å². The molecular formula is C25H36O8.